The molecule has 0 spiro atoms. The predicted molar refractivity (Wildman–Crippen MR) is 126 cm³/mol. The van der Waals surface area contributed by atoms with Crippen LogP contribution in [0.2, 0.25) is 0 Å². The number of thioether (sulfide) groups is 1. The Morgan fingerprint density at radius 1 is 1.03 bits per heavy atom. The first-order chi connectivity index (χ1) is 16.6. The van der Waals surface area contributed by atoms with Crippen molar-refractivity contribution in [2.24, 2.45) is 0 Å². The molecule has 34 heavy (non-hydrogen) atoms. The van der Waals surface area contributed by atoms with E-state index in [2.05, 4.69) is 25.2 Å². The van der Waals surface area contributed by atoms with Gasteiger partial charge in [-0.1, -0.05) is 48.5 Å². The number of halogens is 2. The molecule has 1 fully saturated rings. The van der Waals surface area contributed by atoms with Gasteiger partial charge in [0.1, 0.15) is 5.75 Å². The minimum absolute atomic E-state index is 0.0845. The average Bonchev–Trinajstić information content (AvgIpc) is 3.25. The van der Waals surface area contributed by atoms with E-state index in [-0.39, 0.29) is 17.4 Å². The zero-order valence-electron chi connectivity index (χ0n) is 18.7. The van der Waals surface area contributed by atoms with E-state index in [1.807, 2.05) is 34.9 Å². The molecule has 3 aromatic rings. The van der Waals surface area contributed by atoms with Crippen LogP contribution in [0.1, 0.15) is 30.7 Å². The Bertz CT molecular complexity index is 1060. The van der Waals surface area contributed by atoms with Crippen molar-refractivity contribution in [2.45, 2.75) is 44.1 Å². The van der Waals surface area contributed by atoms with Gasteiger partial charge in [-0.05, 0) is 55.8 Å². The highest BCUT2D eigenvalue weighted by molar-refractivity contribution is 7.99. The fraction of sp³-hybridized carbons (Fsp3) is 0.375. The maximum Gasteiger partial charge on any atom is 0.387 e. The minimum Gasteiger partial charge on any atom is -0.435 e. The Morgan fingerprint density at radius 2 is 1.76 bits per heavy atom. The second kappa shape index (κ2) is 11.9. The Morgan fingerprint density at radius 3 is 2.47 bits per heavy atom. The number of likely N-dealkylation sites (tertiary alicyclic amines) is 1. The number of para-hydroxylation sites is 1. The molecule has 0 bridgehead atoms. The maximum atomic E-state index is 12.5. The van der Waals surface area contributed by atoms with Gasteiger partial charge in [-0.15, -0.1) is 10.2 Å². The number of rotatable bonds is 10. The standard InChI is InChI=1S/C24H27F2N5O2S/c25-23(26)33-20-11-9-18(10-12-20)15-27-22(32)17-34-24-29-28-21(16-30-13-5-2-6-14-30)31(24)19-7-3-1-4-8-19/h1,3-4,7-12,23H,2,5-6,13-17H2,(H,27,32). The molecule has 7 nitrogen and oxygen atoms in total. The monoisotopic (exact) mass is 487 g/mol. The van der Waals surface area contributed by atoms with Crippen molar-refractivity contribution in [3.63, 3.8) is 0 Å². The third-order valence-corrected chi connectivity index (χ3v) is 6.43. The number of aromatic nitrogens is 3. The van der Waals surface area contributed by atoms with Crippen molar-refractivity contribution in [1.29, 1.82) is 0 Å². The van der Waals surface area contributed by atoms with Crippen LogP contribution in [0.4, 0.5) is 8.78 Å². The van der Waals surface area contributed by atoms with Crippen LogP contribution in [0.25, 0.3) is 5.69 Å². The Kier molecular flexibility index (Phi) is 8.48. The Hall–Kier alpha value is -2.98. The average molecular weight is 488 g/mol. The highest BCUT2D eigenvalue weighted by Gasteiger charge is 2.19. The zero-order chi connectivity index (χ0) is 23.8. The van der Waals surface area contributed by atoms with Crippen molar-refractivity contribution in [3.8, 4) is 11.4 Å². The van der Waals surface area contributed by atoms with Crippen LogP contribution >= 0.6 is 11.8 Å². The summed E-state index contributed by atoms with van der Waals surface area (Å²) >= 11 is 1.33. The largest absolute Gasteiger partial charge is 0.435 e. The summed E-state index contributed by atoms with van der Waals surface area (Å²) in [6.45, 7) is 0.268. The van der Waals surface area contributed by atoms with E-state index < -0.39 is 6.61 Å². The van der Waals surface area contributed by atoms with Crippen molar-refractivity contribution >= 4 is 17.7 Å². The summed E-state index contributed by atoms with van der Waals surface area (Å²) in [7, 11) is 0. The van der Waals surface area contributed by atoms with Gasteiger partial charge in [0.05, 0.1) is 12.3 Å². The molecule has 1 aliphatic heterocycles. The number of benzene rings is 2. The molecule has 1 saturated heterocycles. The molecule has 1 aliphatic rings. The molecule has 0 unspecified atom stereocenters. The van der Waals surface area contributed by atoms with E-state index in [1.165, 1.54) is 43.2 Å². The van der Waals surface area contributed by atoms with Crippen molar-refractivity contribution in [1.82, 2.24) is 25.0 Å². The molecule has 10 heteroatoms. The van der Waals surface area contributed by atoms with Gasteiger partial charge in [0.2, 0.25) is 5.91 Å². The number of nitrogens with zero attached hydrogens (tertiary/aromatic N) is 4. The maximum absolute atomic E-state index is 12.5. The molecular formula is C24H27F2N5O2S. The Balaban J connectivity index is 1.36. The van der Waals surface area contributed by atoms with E-state index in [9.17, 15) is 13.6 Å². The van der Waals surface area contributed by atoms with Gasteiger partial charge >= 0.3 is 6.61 Å². The molecule has 180 valence electrons. The number of carbonyl (C=O) groups is 1. The molecule has 4 rings (SSSR count). The Labute approximate surface area is 201 Å². The van der Waals surface area contributed by atoms with Crippen LogP contribution in [0.5, 0.6) is 5.75 Å². The fourth-order valence-corrected chi connectivity index (χ4v) is 4.62. The zero-order valence-corrected chi connectivity index (χ0v) is 19.5. The number of hydrogen-bond donors (Lipinski definition) is 1. The van der Waals surface area contributed by atoms with Gasteiger partial charge in [-0.3, -0.25) is 14.3 Å². The molecule has 2 heterocycles. The van der Waals surface area contributed by atoms with Crippen LogP contribution < -0.4 is 10.1 Å². The lowest BCUT2D eigenvalue weighted by atomic mass is 10.1. The molecule has 0 aliphatic carbocycles. The quantitative estimate of drug-likeness (QED) is 0.431. The summed E-state index contributed by atoms with van der Waals surface area (Å²) in [6.07, 6.45) is 3.66. The van der Waals surface area contributed by atoms with E-state index in [1.54, 1.807) is 12.1 Å². The third-order valence-electron chi connectivity index (χ3n) is 5.50. The third kappa shape index (κ3) is 6.77. The van der Waals surface area contributed by atoms with Gasteiger partial charge in [0.15, 0.2) is 11.0 Å². The van der Waals surface area contributed by atoms with E-state index in [0.29, 0.717) is 11.7 Å². The molecule has 2 aromatic carbocycles. The van der Waals surface area contributed by atoms with E-state index >= 15 is 0 Å². The van der Waals surface area contributed by atoms with Crippen molar-refractivity contribution in [3.05, 3.63) is 66.0 Å². The van der Waals surface area contributed by atoms with Gasteiger partial charge in [0.25, 0.3) is 0 Å². The van der Waals surface area contributed by atoms with Crippen LogP contribution in [0, 0.1) is 0 Å². The first kappa shape index (κ1) is 24.2. The lowest BCUT2D eigenvalue weighted by Gasteiger charge is -2.26. The molecule has 0 radical (unpaired) electrons. The van der Waals surface area contributed by atoms with Gasteiger partial charge in [-0.2, -0.15) is 8.78 Å². The first-order valence-corrected chi connectivity index (χ1v) is 12.2. The van der Waals surface area contributed by atoms with E-state index in [4.69, 9.17) is 0 Å². The van der Waals surface area contributed by atoms with Crippen LogP contribution in [0.15, 0.2) is 59.8 Å². The lowest BCUT2D eigenvalue weighted by molar-refractivity contribution is -0.118. The number of hydrogen-bond acceptors (Lipinski definition) is 6. The summed E-state index contributed by atoms with van der Waals surface area (Å²) < 4.78 is 30.9. The van der Waals surface area contributed by atoms with Crippen molar-refractivity contribution in [2.75, 3.05) is 18.8 Å². The SMILES string of the molecule is O=C(CSc1nnc(CN2CCCCC2)n1-c1ccccc1)NCc1ccc(OC(F)F)cc1. The molecule has 0 atom stereocenters. The number of ether oxygens (including phenoxy) is 1. The first-order valence-electron chi connectivity index (χ1n) is 11.2. The molecule has 0 saturated carbocycles. The number of nitrogens with one attached hydrogen (secondary N) is 1. The second-order valence-corrected chi connectivity index (χ2v) is 8.94. The van der Waals surface area contributed by atoms with Crippen LogP contribution in [-0.4, -0.2) is 51.0 Å². The highest BCUT2D eigenvalue weighted by atomic mass is 32.2. The molecule has 1 amide bonds. The number of piperidine rings is 1. The van der Waals surface area contributed by atoms with Gasteiger partial charge in [0, 0.05) is 12.2 Å². The lowest BCUT2D eigenvalue weighted by Crippen LogP contribution is -2.30. The van der Waals surface area contributed by atoms with Gasteiger partial charge in [-0.25, -0.2) is 0 Å². The van der Waals surface area contributed by atoms with Crippen LogP contribution in [-0.2, 0) is 17.9 Å². The number of amides is 1. The fourth-order valence-electron chi connectivity index (χ4n) is 3.82. The topological polar surface area (TPSA) is 72.3 Å². The minimum atomic E-state index is -2.86. The summed E-state index contributed by atoms with van der Waals surface area (Å²) in [5, 5.41) is 12.3. The van der Waals surface area contributed by atoms with Crippen LogP contribution in [0.3, 0.4) is 0 Å². The molecule has 1 aromatic heterocycles. The van der Waals surface area contributed by atoms with Gasteiger partial charge < -0.3 is 10.1 Å². The summed E-state index contributed by atoms with van der Waals surface area (Å²) in [6, 6.07) is 16.1. The highest BCUT2D eigenvalue weighted by Crippen LogP contribution is 2.23. The molecule has 1 N–H and O–H groups in total. The summed E-state index contributed by atoms with van der Waals surface area (Å²) in [5.74, 6) is 0.975. The smallest absolute Gasteiger partial charge is 0.387 e. The molecular weight excluding hydrogens is 460 g/mol. The second-order valence-electron chi connectivity index (χ2n) is 7.99. The number of alkyl halides is 2. The normalized spacial score (nSPS) is 14.3. The number of carbonyl (C=O) groups excluding carboxylic acids is 1. The summed E-state index contributed by atoms with van der Waals surface area (Å²) in [5.41, 5.74) is 1.75. The predicted octanol–water partition coefficient (Wildman–Crippen LogP) is 4.26. The summed E-state index contributed by atoms with van der Waals surface area (Å²) in [4.78, 5) is 14.8. The van der Waals surface area contributed by atoms with E-state index in [0.717, 1.165) is 36.7 Å². The van der Waals surface area contributed by atoms with Crippen molar-refractivity contribution < 1.29 is 18.3 Å².